The normalized spacial score (nSPS) is 16.5. The molecule has 6 nitrogen and oxygen atoms in total. The summed E-state index contributed by atoms with van der Waals surface area (Å²) in [5, 5.41) is 6.78. The number of amides is 2. The fourth-order valence-electron chi connectivity index (χ4n) is 3.73. The van der Waals surface area contributed by atoms with Crippen LogP contribution in [0.5, 0.6) is 0 Å². The molecule has 1 atom stereocenters. The van der Waals surface area contributed by atoms with Crippen molar-refractivity contribution in [2.45, 2.75) is 19.9 Å². The summed E-state index contributed by atoms with van der Waals surface area (Å²) in [6.45, 7) is 3.66. The first-order valence-corrected chi connectivity index (χ1v) is 9.70. The molecule has 2 N–H and O–H groups in total. The fraction of sp³-hybridized carbons (Fsp3) is 0.182. The number of rotatable bonds is 4. The molecule has 29 heavy (non-hydrogen) atoms. The Morgan fingerprint density at radius 3 is 2.55 bits per heavy atom. The lowest BCUT2D eigenvalue weighted by atomic mass is 9.95. The van der Waals surface area contributed by atoms with Crippen molar-refractivity contribution in [1.29, 1.82) is 0 Å². The molecule has 7 heteroatoms. The Kier molecular flexibility index (Phi) is 5.03. The number of nitrogens with zero attached hydrogens (tertiary/aromatic N) is 1. The van der Waals surface area contributed by atoms with Crippen LogP contribution in [0.1, 0.15) is 25.5 Å². The van der Waals surface area contributed by atoms with E-state index in [2.05, 4.69) is 10.6 Å². The molecule has 0 spiro atoms. The summed E-state index contributed by atoms with van der Waals surface area (Å²) >= 11 is 6.88. The average molecular weight is 410 g/mol. The molecule has 1 aliphatic rings. The third kappa shape index (κ3) is 3.25. The highest BCUT2D eigenvalue weighted by molar-refractivity contribution is 6.32. The second-order valence-electron chi connectivity index (χ2n) is 6.68. The molecular weight excluding hydrogens is 390 g/mol. The number of allylic oxidation sites excluding steroid dienone is 1. The van der Waals surface area contributed by atoms with Crippen molar-refractivity contribution in [3.8, 4) is 5.69 Å². The van der Waals surface area contributed by atoms with Crippen LogP contribution in [-0.4, -0.2) is 23.2 Å². The number of nitrogens with one attached hydrogen (secondary N) is 2. The number of ether oxygens (including phenoxy) is 1. The summed E-state index contributed by atoms with van der Waals surface area (Å²) < 4.78 is 7.16. The van der Waals surface area contributed by atoms with E-state index in [1.165, 1.54) is 0 Å². The lowest BCUT2D eigenvalue weighted by Crippen LogP contribution is -2.45. The van der Waals surface area contributed by atoms with Gasteiger partial charge in [0, 0.05) is 22.3 Å². The number of halogens is 1. The van der Waals surface area contributed by atoms with E-state index in [1.54, 1.807) is 13.8 Å². The molecule has 2 amide bonds. The van der Waals surface area contributed by atoms with Gasteiger partial charge in [0.1, 0.15) is 5.15 Å². The predicted molar refractivity (Wildman–Crippen MR) is 112 cm³/mol. The Morgan fingerprint density at radius 1 is 1.14 bits per heavy atom. The van der Waals surface area contributed by atoms with Crippen molar-refractivity contribution in [2.24, 2.45) is 0 Å². The third-order valence-electron chi connectivity index (χ3n) is 4.92. The third-order valence-corrected chi connectivity index (χ3v) is 5.29. The largest absolute Gasteiger partial charge is 0.463 e. The van der Waals surface area contributed by atoms with Crippen LogP contribution >= 0.6 is 11.6 Å². The summed E-state index contributed by atoms with van der Waals surface area (Å²) in [5.74, 6) is -0.491. The summed E-state index contributed by atoms with van der Waals surface area (Å²) in [5.41, 5.74) is 3.21. The van der Waals surface area contributed by atoms with Gasteiger partial charge in [-0.25, -0.2) is 9.59 Å². The minimum Gasteiger partial charge on any atom is -0.463 e. The van der Waals surface area contributed by atoms with Crippen LogP contribution in [0.3, 0.4) is 0 Å². The van der Waals surface area contributed by atoms with Crippen LogP contribution in [0.2, 0.25) is 5.15 Å². The number of benzene rings is 2. The topological polar surface area (TPSA) is 72.4 Å². The maximum atomic E-state index is 12.7. The molecule has 0 bridgehead atoms. The molecule has 0 radical (unpaired) electrons. The van der Waals surface area contributed by atoms with E-state index in [4.69, 9.17) is 16.3 Å². The molecule has 4 rings (SSSR count). The van der Waals surface area contributed by atoms with Gasteiger partial charge in [0.25, 0.3) is 0 Å². The van der Waals surface area contributed by atoms with Gasteiger partial charge in [-0.2, -0.15) is 0 Å². The van der Waals surface area contributed by atoms with Crippen LogP contribution in [0, 0.1) is 0 Å². The number of urea groups is 1. The van der Waals surface area contributed by atoms with Crippen LogP contribution in [0.4, 0.5) is 4.79 Å². The number of hydrogen-bond donors (Lipinski definition) is 2. The van der Waals surface area contributed by atoms with E-state index < -0.39 is 18.0 Å². The fourth-order valence-corrected chi connectivity index (χ4v) is 4.13. The van der Waals surface area contributed by atoms with Crippen LogP contribution < -0.4 is 10.6 Å². The molecule has 0 saturated heterocycles. The van der Waals surface area contributed by atoms with Crippen molar-refractivity contribution in [1.82, 2.24) is 15.2 Å². The minimum atomic E-state index is -0.731. The highest BCUT2D eigenvalue weighted by Crippen LogP contribution is 2.40. The molecule has 3 aromatic rings. The van der Waals surface area contributed by atoms with E-state index in [1.807, 2.05) is 59.2 Å². The highest BCUT2D eigenvalue weighted by atomic mass is 35.5. The van der Waals surface area contributed by atoms with Gasteiger partial charge >= 0.3 is 12.0 Å². The number of fused-ring (bicyclic) bond motifs is 1. The number of carbonyl (C=O) groups excluding carboxylic acids is 2. The van der Waals surface area contributed by atoms with Crippen LogP contribution in [0.15, 0.2) is 65.9 Å². The van der Waals surface area contributed by atoms with Crippen LogP contribution in [-0.2, 0) is 9.53 Å². The molecular formula is C22H20ClN3O3. The van der Waals surface area contributed by atoms with Crippen LogP contribution in [0.25, 0.3) is 16.6 Å². The van der Waals surface area contributed by atoms with Gasteiger partial charge in [0.05, 0.1) is 23.7 Å². The van der Waals surface area contributed by atoms with Crippen molar-refractivity contribution in [3.63, 3.8) is 0 Å². The van der Waals surface area contributed by atoms with Gasteiger partial charge in [-0.1, -0.05) is 48.0 Å². The van der Waals surface area contributed by atoms with Gasteiger partial charge in [0.15, 0.2) is 0 Å². The number of carbonyl (C=O) groups is 2. The SMILES string of the molecule is CCOC(=O)C1=C(C)NC(=O)NC1c1c(Cl)n(-c2ccccc2)c2ccccc12. The number of aromatic nitrogens is 1. The predicted octanol–water partition coefficient (Wildman–Crippen LogP) is 4.47. The van der Waals surface area contributed by atoms with Crippen molar-refractivity contribution < 1.29 is 14.3 Å². The highest BCUT2D eigenvalue weighted by Gasteiger charge is 2.36. The average Bonchev–Trinajstić information content (AvgIpc) is 2.99. The quantitative estimate of drug-likeness (QED) is 0.624. The molecule has 2 aromatic carbocycles. The Morgan fingerprint density at radius 2 is 1.83 bits per heavy atom. The van der Waals surface area contributed by atoms with Gasteiger partial charge in [-0.3, -0.25) is 4.57 Å². The zero-order valence-electron chi connectivity index (χ0n) is 16.0. The Balaban J connectivity index is 1.98. The standard InChI is InChI=1S/C22H20ClN3O3/c1-3-29-21(27)17-13(2)24-22(28)25-19(17)18-15-11-7-8-12-16(15)26(20(18)23)14-9-5-4-6-10-14/h4-12,19H,3H2,1-2H3,(H2,24,25,28). The Bertz CT molecular complexity index is 1130. The van der Waals surface area contributed by atoms with Gasteiger partial charge in [-0.15, -0.1) is 0 Å². The zero-order chi connectivity index (χ0) is 20.5. The van der Waals surface area contributed by atoms with E-state index in [-0.39, 0.29) is 6.61 Å². The molecule has 1 unspecified atom stereocenters. The van der Waals surface area contributed by atoms with Gasteiger partial charge < -0.3 is 15.4 Å². The number of esters is 1. The van der Waals surface area contributed by atoms with Crippen molar-refractivity contribution in [3.05, 3.63) is 76.6 Å². The second-order valence-corrected chi connectivity index (χ2v) is 7.04. The van der Waals surface area contributed by atoms with Crippen molar-refractivity contribution >= 4 is 34.5 Å². The lowest BCUT2D eigenvalue weighted by Gasteiger charge is -2.28. The molecule has 0 saturated carbocycles. The van der Waals surface area contributed by atoms with Gasteiger partial charge in [-0.05, 0) is 32.0 Å². The van der Waals surface area contributed by atoms with Crippen molar-refractivity contribution in [2.75, 3.05) is 6.61 Å². The molecule has 1 aliphatic heterocycles. The first-order chi connectivity index (χ1) is 14.0. The number of hydrogen-bond acceptors (Lipinski definition) is 3. The van der Waals surface area contributed by atoms with Gasteiger partial charge in [0.2, 0.25) is 0 Å². The minimum absolute atomic E-state index is 0.232. The molecule has 148 valence electrons. The summed E-state index contributed by atoms with van der Waals surface area (Å²) in [6.07, 6.45) is 0. The lowest BCUT2D eigenvalue weighted by molar-refractivity contribution is -0.139. The smallest absolute Gasteiger partial charge is 0.338 e. The summed E-state index contributed by atoms with van der Waals surface area (Å²) in [6, 6.07) is 16.3. The molecule has 0 aliphatic carbocycles. The molecule has 2 heterocycles. The Hall–Kier alpha value is -3.25. The maximum Gasteiger partial charge on any atom is 0.338 e. The van der Waals surface area contributed by atoms with E-state index in [0.29, 0.717) is 22.0 Å². The monoisotopic (exact) mass is 409 g/mol. The van der Waals surface area contributed by atoms with E-state index in [9.17, 15) is 9.59 Å². The second kappa shape index (κ2) is 7.64. The zero-order valence-corrected chi connectivity index (χ0v) is 16.8. The Labute approximate surface area is 173 Å². The molecule has 0 fully saturated rings. The number of para-hydroxylation sites is 2. The first-order valence-electron chi connectivity index (χ1n) is 9.32. The first kappa shape index (κ1) is 19.1. The summed E-state index contributed by atoms with van der Waals surface area (Å²) in [7, 11) is 0. The summed E-state index contributed by atoms with van der Waals surface area (Å²) in [4.78, 5) is 25.0. The van der Waals surface area contributed by atoms with E-state index in [0.717, 1.165) is 16.6 Å². The maximum absolute atomic E-state index is 12.7. The van der Waals surface area contributed by atoms with E-state index >= 15 is 0 Å². The molecule has 1 aromatic heterocycles.